The van der Waals surface area contributed by atoms with Gasteiger partial charge in [0.05, 0.1) is 31.0 Å². The summed E-state index contributed by atoms with van der Waals surface area (Å²) in [5, 5.41) is 4.31. The summed E-state index contributed by atoms with van der Waals surface area (Å²) in [5.74, 6) is 0. The Morgan fingerprint density at radius 3 is 2.39 bits per heavy atom. The fourth-order valence-corrected chi connectivity index (χ4v) is 6.43. The Bertz CT molecular complexity index is 1450. The maximum absolute atomic E-state index is 5.98. The Kier molecular flexibility index (Phi) is 6.95. The maximum Gasteiger partial charge on any atom is 0.174 e. The average molecular weight is 589 g/mol. The molecule has 0 saturated carbocycles. The molecule has 4 heterocycles. The van der Waals surface area contributed by atoms with E-state index in [1.807, 2.05) is 18.3 Å². The molecule has 0 bridgehead atoms. The Morgan fingerprint density at radius 2 is 1.68 bits per heavy atom. The minimum Gasteiger partial charge on any atom is -0.378 e. The molecule has 2 saturated heterocycles. The van der Waals surface area contributed by atoms with Gasteiger partial charge in [-0.25, -0.2) is 0 Å². The molecule has 2 fully saturated rings. The zero-order chi connectivity index (χ0) is 26.2. The van der Waals surface area contributed by atoms with Crippen molar-refractivity contribution in [3.05, 3.63) is 106 Å². The van der Waals surface area contributed by atoms with Gasteiger partial charge in [0.1, 0.15) is 0 Å². The van der Waals surface area contributed by atoms with E-state index in [9.17, 15) is 0 Å². The van der Waals surface area contributed by atoms with Gasteiger partial charge in [0, 0.05) is 52.2 Å². The Labute approximate surface area is 237 Å². The van der Waals surface area contributed by atoms with Crippen LogP contribution < -0.4 is 15.1 Å². The predicted octanol–water partition coefficient (Wildman–Crippen LogP) is 6.27. The molecule has 0 unspecified atom stereocenters. The predicted molar refractivity (Wildman–Crippen MR) is 160 cm³/mol. The number of aryl methyl sites for hydroxylation is 1. The topological polar surface area (TPSA) is 45.6 Å². The Hall–Kier alpha value is -3.20. The van der Waals surface area contributed by atoms with E-state index < -0.39 is 0 Å². The van der Waals surface area contributed by atoms with Crippen LogP contribution in [0.15, 0.2) is 83.5 Å². The highest BCUT2D eigenvalue weighted by Crippen LogP contribution is 2.44. The lowest BCUT2D eigenvalue weighted by Gasteiger charge is -2.31. The van der Waals surface area contributed by atoms with Crippen LogP contribution in [0.2, 0.25) is 0 Å². The van der Waals surface area contributed by atoms with Gasteiger partial charge in [-0.05, 0) is 92.3 Å². The number of rotatable bonds is 5. The summed E-state index contributed by atoms with van der Waals surface area (Å²) in [5.41, 5.74) is 7.96. The van der Waals surface area contributed by atoms with Gasteiger partial charge in [0.15, 0.2) is 5.11 Å². The van der Waals surface area contributed by atoms with Gasteiger partial charge < -0.3 is 24.4 Å². The monoisotopic (exact) mass is 587 g/mol. The Morgan fingerprint density at radius 1 is 0.921 bits per heavy atom. The quantitative estimate of drug-likeness (QED) is 0.278. The van der Waals surface area contributed by atoms with Crippen LogP contribution >= 0.6 is 28.1 Å². The molecule has 2 atom stereocenters. The van der Waals surface area contributed by atoms with Crippen LogP contribution in [0.1, 0.15) is 34.7 Å². The highest BCUT2D eigenvalue weighted by atomic mass is 79.9. The molecular formula is C30H30BrN5OS. The number of ether oxygens (including phenoxy) is 1. The van der Waals surface area contributed by atoms with Crippen molar-refractivity contribution in [1.29, 1.82) is 0 Å². The lowest BCUT2D eigenvalue weighted by molar-refractivity contribution is 0.122. The number of nitrogens with one attached hydrogen (secondary N) is 1. The van der Waals surface area contributed by atoms with Crippen LogP contribution in [0.25, 0.3) is 5.69 Å². The number of pyridine rings is 1. The highest BCUT2D eigenvalue weighted by Gasteiger charge is 2.42. The minimum absolute atomic E-state index is 0.0567. The molecule has 2 aromatic heterocycles. The third-order valence-electron chi connectivity index (χ3n) is 7.46. The zero-order valence-electron chi connectivity index (χ0n) is 21.5. The number of nitrogens with zero attached hydrogens (tertiary/aromatic N) is 4. The summed E-state index contributed by atoms with van der Waals surface area (Å²) < 4.78 is 8.91. The second-order valence-electron chi connectivity index (χ2n) is 9.75. The first kappa shape index (κ1) is 25.1. The highest BCUT2D eigenvalue weighted by molar-refractivity contribution is 9.10. The van der Waals surface area contributed by atoms with E-state index in [1.165, 1.54) is 22.6 Å². The van der Waals surface area contributed by atoms with E-state index in [0.717, 1.165) is 47.8 Å². The lowest BCUT2D eigenvalue weighted by atomic mass is 9.96. The van der Waals surface area contributed by atoms with E-state index in [1.54, 1.807) is 0 Å². The molecule has 6 rings (SSSR count). The van der Waals surface area contributed by atoms with Crippen molar-refractivity contribution in [2.45, 2.75) is 25.9 Å². The van der Waals surface area contributed by atoms with Gasteiger partial charge in [0.25, 0.3) is 0 Å². The first-order valence-electron chi connectivity index (χ1n) is 12.9. The molecule has 2 aliphatic rings. The van der Waals surface area contributed by atoms with E-state index in [-0.39, 0.29) is 12.1 Å². The van der Waals surface area contributed by atoms with Gasteiger partial charge in [0.2, 0.25) is 0 Å². The second kappa shape index (κ2) is 10.5. The fourth-order valence-electron chi connectivity index (χ4n) is 5.69. The number of anilines is 2. The lowest BCUT2D eigenvalue weighted by Crippen LogP contribution is -2.36. The smallest absolute Gasteiger partial charge is 0.174 e. The van der Waals surface area contributed by atoms with Crippen LogP contribution in [0.3, 0.4) is 0 Å². The molecule has 0 aliphatic carbocycles. The third kappa shape index (κ3) is 4.61. The van der Waals surface area contributed by atoms with E-state index in [4.69, 9.17) is 21.9 Å². The number of halogens is 1. The van der Waals surface area contributed by atoms with Gasteiger partial charge in [-0.3, -0.25) is 4.98 Å². The first-order chi connectivity index (χ1) is 18.5. The number of hydrogen-bond donors (Lipinski definition) is 1. The molecule has 2 aliphatic heterocycles. The summed E-state index contributed by atoms with van der Waals surface area (Å²) in [4.78, 5) is 9.35. The number of thiocarbonyl (C=S) groups is 1. The molecule has 194 valence electrons. The standard InChI is InChI=1S/C30H30BrN5OS/c1-20-18-26(21(2)35(20)25-7-5-6-22(31)19-25)29-28(27-8-3-4-13-32-27)33-30(38)36(29)24-11-9-23(10-12-24)34-14-16-37-17-15-34/h3-13,18-19,28-29H,14-17H2,1-2H3,(H,33,38)/t28-,29+/m1/s1. The van der Waals surface area contributed by atoms with E-state index >= 15 is 0 Å². The number of aromatic nitrogens is 2. The number of morpholine rings is 1. The average Bonchev–Trinajstić information content (AvgIpc) is 3.44. The second-order valence-corrected chi connectivity index (χ2v) is 11.1. The summed E-state index contributed by atoms with van der Waals surface area (Å²) in [6, 6.07) is 25.4. The van der Waals surface area contributed by atoms with Crippen LogP contribution in [0, 0.1) is 13.8 Å². The van der Waals surface area contributed by atoms with E-state index in [0.29, 0.717) is 5.11 Å². The van der Waals surface area contributed by atoms with Gasteiger partial charge in [-0.2, -0.15) is 0 Å². The molecule has 0 radical (unpaired) electrons. The summed E-state index contributed by atoms with van der Waals surface area (Å²) in [7, 11) is 0. The number of hydrogen-bond acceptors (Lipinski definition) is 4. The summed E-state index contributed by atoms with van der Waals surface area (Å²) >= 11 is 9.61. The molecule has 4 aromatic rings. The first-order valence-corrected chi connectivity index (χ1v) is 14.1. The molecule has 1 N–H and O–H groups in total. The molecular weight excluding hydrogens is 558 g/mol. The maximum atomic E-state index is 5.98. The molecule has 0 amide bonds. The molecule has 8 heteroatoms. The van der Waals surface area contributed by atoms with Gasteiger partial charge in [-0.1, -0.05) is 28.1 Å². The van der Waals surface area contributed by atoms with Crippen molar-refractivity contribution in [1.82, 2.24) is 14.9 Å². The molecule has 2 aromatic carbocycles. The van der Waals surface area contributed by atoms with Crippen LogP contribution in [0.4, 0.5) is 11.4 Å². The largest absolute Gasteiger partial charge is 0.378 e. The number of benzene rings is 2. The molecule has 6 nitrogen and oxygen atoms in total. The molecule has 0 spiro atoms. The van der Waals surface area contributed by atoms with Crippen molar-refractivity contribution in [3.63, 3.8) is 0 Å². The normalized spacial score (nSPS) is 19.6. The third-order valence-corrected chi connectivity index (χ3v) is 8.27. The van der Waals surface area contributed by atoms with Crippen LogP contribution in [-0.2, 0) is 4.74 Å². The van der Waals surface area contributed by atoms with Crippen molar-refractivity contribution in [2.75, 3.05) is 36.1 Å². The van der Waals surface area contributed by atoms with E-state index in [2.05, 4.69) is 110 Å². The van der Waals surface area contributed by atoms with Gasteiger partial charge >= 0.3 is 0 Å². The van der Waals surface area contributed by atoms with Crippen molar-refractivity contribution in [3.8, 4) is 5.69 Å². The SMILES string of the molecule is Cc1cc([C@H]2[C@@H](c3ccccn3)NC(=S)N2c2ccc(N3CCOCC3)cc2)c(C)n1-c1cccc(Br)c1. The van der Waals surface area contributed by atoms with Crippen LogP contribution in [-0.4, -0.2) is 41.0 Å². The van der Waals surface area contributed by atoms with Crippen molar-refractivity contribution in [2.24, 2.45) is 0 Å². The fraction of sp³-hybridized carbons (Fsp3) is 0.267. The molecule has 38 heavy (non-hydrogen) atoms. The summed E-state index contributed by atoms with van der Waals surface area (Å²) in [6.45, 7) is 7.71. The Balaban J connectivity index is 1.43. The zero-order valence-corrected chi connectivity index (χ0v) is 23.9. The van der Waals surface area contributed by atoms with Gasteiger partial charge in [-0.15, -0.1) is 0 Å². The minimum atomic E-state index is -0.0842. The van der Waals surface area contributed by atoms with Crippen LogP contribution in [0.5, 0.6) is 0 Å². The van der Waals surface area contributed by atoms with Crippen molar-refractivity contribution >= 4 is 44.6 Å². The summed E-state index contributed by atoms with van der Waals surface area (Å²) in [6.07, 6.45) is 1.85. The van der Waals surface area contributed by atoms with Crippen molar-refractivity contribution < 1.29 is 4.74 Å².